The predicted octanol–water partition coefficient (Wildman–Crippen LogP) is 5.00. The summed E-state index contributed by atoms with van der Waals surface area (Å²) >= 11 is 1.34. The van der Waals surface area contributed by atoms with Gasteiger partial charge in [0.25, 0.3) is 5.78 Å². The molecule has 7 nitrogen and oxygen atoms in total. The number of Topliss-reactive ketones (excluding diaryl/α,β-unsaturated/α-hetero) is 1. The van der Waals surface area contributed by atoms with E-state index >= 15 is 0 Å². The van der Waals surface area contributed by atoms with Crippen molar-refractivity contribution in [2.45, 2.75) is 13.0 Å². The van der Waals surface area contributed by atoms with Crippen molar-refractivity contribution in [3.8, 4) is 11.5 Å². The second-order valence-corrected chi connectivity index (χ2v) is 9.41. The van der Waals surface area contributed by atoms with Crippen LogP contribution in [-0.4, -0.2) is 35.0 Å². The molecule has 174 valence electrons. The molecule has 3 heterocycles. The number of hydrogen-bond acceptors (Lipinski definition) is 7. The summed E-state index contributed by atoms with van der Waals surface area (Å²) in [5, 5.41) is 11.8. The van der Waals surface area contributed by atoms with Gasteiger partial charge in [-0.15, -0.1) is 0 Å². The summed E-state index contributed by atoms with van der Waals surface area (Å²) in [5.74, 6) is -0.714. The number of hydrogen-bond donors (Lipinski definition) is 1. The van der Waals surface area contributed by atoms with E-state index in [1.165, 1.54) is 16.2 Å². The van der Waals surface area contributed by atoms with E-state index in [2.05, 4.69) is 4.98 Å². The SMILES string of the molecule is Cc1ccc2nc(N3C(=O)C(=O)C(=C(O)c4ccc5c(c4)OCCO5)C3c3ccccc3)sc2c1. The number of thiazole rings is 1. The molecule has 2 aliphatic heterocycles. The molecule has 1 N–H and O–H groups in total. The number of amides is 1. The molecule has 0 radical (unpaired) electrons. The quantitative estimate of drug-likeness (QED) is 0.250. The number of nitrogens with zero attached hydrogens (tertiary/aromatic N) is 2. The van der Waals surface area contributed by atoms with Crippen LogP contribution in [0.5, 0.6) is 11.5 Å². The van der Waals surface area contributed by atoms with Crippen LogP contribution in [0, 0.1) is 6.92 Å². The van der Waals surface area contributed by atoms with Crippen molar-refractivity contribution in [1.82, 2.24) is 4.98 Å². The van der Waals surface area contributed by atoms with Crippen LogP contribution in [0.1, 0.15) is 22.7 Å². The number of aliphatic hydroxyl groups excluding tert-OH is 1. The maximum Gasteiger partial charge on any atom is 0.301 e. The molecule has 0 aliphatic carbocycles. The van der Waals surface area contributed by atoms with Gasteiger partial charge in [-0.3, -0.25) is 14.5 Å². The van der Waals surface area contributed by atoms with Gasteiger partial charge in [-0.25, -0.2) is 4.98 Å². The lowest BCUT2D eigenvalue weighted by atomic mass is 9.95. The Kier molecular flexibility index (Phi) is 5.04. The summed E-state index contributed by atoms with van der Waals surface area (Å²) in [7, 11) is 0. The molecule has 0 bridgehead atoms. The molecule has 1 atom stereocenters. The van der Waals surface area contributed by atoms with Crippen LogP contribution in [0.3, 0.4) is 0 Å². The van der Waals surface area contributed by atoms with Crippen molar-refractivity contribution < 1.29 is 24.2 Å². The Bertz CT molecular complexity index is 1530. The second kappa shape index (κ2) is 8.25. The third-order valence-electron chi connectivity index (χ3n) is 6.11. The lowest BCUT2D eigenvalue weighted by Gasteiger charge is -2.23. The van der Waals surface area contributed by atoms with Gasteiger partial charge in [0.1, 0.15) is 19.0 Å². The van der Waals surface area contributed by atoms with Gasteiger partial charge in [0.2, 0.25) is 0 Å². The minimum Gasteiger partial charge on any atom is -0.507 e. The van der Waals surface area contributed by atoms with Crippen molar-refractivity contribution in [3.05, 3.63) is 89.0 Å². The Morgan fingerprint density at radius 1 is 1.00 bits per heavy atom. The Morgan fingerprint density at radius 3 is 2.57 bits per heavy atom. The molecule has 3 aromatic carbocycles. The average Bonchev–Trinajstić information content (AvgIpc) is 3.41. The van der Waals surface area contributed by atoms with Crippen LogP contribution in [0.15, 0.2) is 72.3 Å². The first-order valence-electron chi connectivity index (χ1n) is 11.1. The van der Waals surface area contributed by atoms with Gasteiger partial charge < -0.3 is 14.6 Å². The number of carbonyl (C=O) groups excluding carboxylic acids is 2. The molecule has 1 amide bonds. The van der Waals surface area contributed by atoms with Crippen molar-refractivity contribution in [2.24, 2.45) is 0 Å². The van der Waals surface area contributed by atoms with Gasteiger partial charge in [-0.1, -0.05) is 47.7 Å². The molecule has 1 unspecified atom stereocenters. The van der Waals surface area contributed by atoms with Crippen molar-refractivity contribution in [2.75, 3.05) is 18.1 Å². The first-order chi connectivity index (χ1) is 17.0. The normalized spacial score (nSPS) is 18.9. The summed E-state index contributed by atoms with van der Waals surface area (Å²) < 4.78 is 12.1. The zero-order valence-electron chi connectivity index (χ0n) is 18.7. The minimum atomic E-state index is -0.828. The van der Waals surface area contributed by atoms with E-state index < -0.39 is 17.7 Å². The van der Waals surface area contributed by atoms with Crippen LogP contribution in [0.4, 0.5) is 5.13 Å². The first-order valence-corrected chi connectivity index (χ1v) is 12.0. The van der Waals surface area contributed by atoms with E-state index in [0.717, 1.165) is 15.8 Å². The topological polar surface area (TPSA) is 89.0 Å². The number of aryl methyl sites for hydroxylation is 1. The standard InChI is InChI=1S/C27H20N2O5S/c1-15-7-9-18-21(13-15)35-27(28-18)29-23(16-5-3-2-4-6-16)22(25(31)26(29)32)24(30)17-8-10-19-20(14-17)34-12-11-33-19/h2-10,13-14,23,30H,11-12H2,1H3. The molecule has 6 rings (SSSR count). The largest absolute Gasteiger partial charge is 0.507 e. The van der Waals surface area contributed by atoms with Gasteiger partial charge in [-0.2, -0.15) is 0 Å². The zero-order chi connectivity index (χ0) is 24.1. The summed E-state index contributed by atoms with van der Waals surface area (Å²) in [4.78, 5) is 32.8. The Balaban J connectivity index is 1.53. The monoisotopic (exact) mass is 484 g/mol. The molecule has 4 aromatic rings. The molecule has 2 aliphatic rings. The first kappa shape index (κ1) is 21.4. The van der Waals surface area contributed by atoms with Crippen LogP contribution < -0.4 is 14.4 Å². The average molecular weight is 485 g/mol. The zero-order valence-corrected chi connectivity index (χ0v) is 19.5. The fourth-order valence-electron chi connectivity index (χ4n) is 4.45. The molecule has 8 heteroatoms. The molecular weight excluding hydrogens is 464 g/mol. The summed E-state index contributed by atoms with van der Waals surface area (Å²) in [6, 6.07) is 19.2. The smallest absolute Gasteiger partial charge is 0.301 e. The number of benzene rings is 3. The highest BCUT2D eigenvalue weighted by Crippen LogP contribution is 2.45. The molecular formula is C27H20N2O5S. The number of aromatic nitrogens is 1. The summed E-state index contributed by atoms with van der Waals surface area (Å²) in [6.45, 7) is 2.82. The number of rotatable bonds is 3. The van der Waals surface area contributed by atoms with E-state index in [1.54, 1.807) is 18.2 Å². The highest BCUT2D eigenvalue weighted by atomic mass is 32.1. The molecule has 1 saturated heterocycles. The second-order valence-electron chi connectivity index (χ2n) is 8.41. The third kappa shape index (κ3) is 3.54. The maximum absolute atomic E-state index is 13.4. The van der Waals surface area contributed by atoms with Gasteiger partial charge in [0, 0.05) is 5.56 Å². The Labute approximate surface area is 204 Å². The van der Waals surface area contributed by atoms with E-state index in [1.807, 2.05) is 55.5 Å². The van der Waals surface area contributed by atoms with Crippen LogP contribution >= 0.6 is 11.3 Å². The fraction of sp³-hybridized carbons (Fsp3) is 0.148. The molecule has 1 fully saturated rings. The van der Waals surface area contributed by atoms with E-state index in [4.69, 9.17) is 9.47 Å². The van der Waals surface area contributed by atoms with Crippen molar-refractivity contribution in [3.63, 3.8) is 0 Å². The highest BCUT2D eigenvalue weighted by Gasteiger charge is 2.48. The number of carbonyl (C=O) groups is 2. The number of aliphatic hydroxyl groups is 1. The molecule has 1 aromatic heterocycles. The predicted molar refractivity (Wildman–Crippen MR) is 133 cm³/mol. The Hall–Kier alpha value is -4.17. The van der Waals surface area contributed by atoms with Crippen molar-refractivity contribution >= 4 is 44.1 Å². The third-order valence-corrected chi connectivity index (χ3v) is 7.13. The van der Waals surface area contributed by atoms with Gasteiger partial charge in [0.15, 0.2) is 16.6 Å². The Morgan fingerprint density at radius 2 is 1.77 bits per heavy atom. The van der Waals surface area contributed by atoms with Crippen LogP contribution in [-0.2, 0) is 9.59 Å². The molecule has 0 saturated carbocycles. The number of ether oxygens (including phenoxy) is 2. The number of ketones is 1. The maximum atomic E-state index is 13.4. The summed E-state index contributed by atoms with van der Waals surface area (Å²) in [5.41, 5.74) is 2.90. The fourth-order valence-corrected chi connectivity index (χ4v) is 5.54. The van der Waals surface area contributed by atoms with Crippen molar-refractivity contribution in [1.29, 1.82) is 0 Å². The molecule has 0 spiro atoms. The van der Waals surface area contributed by atoms with Gasteiger partial charge >= 0.3 is 5.91 Å². The molecule has 35 heavy (non-hydrogen) atoms. The van der Waals surface area contributed by atoms with Crippen LogP contribution in [0.25, 0.3) is 16.0 Å². The highest BCUT2D eigenvalue weighted by molar-refractivity contribution is 7.22. The number of anilines is 1. The van der Waals surface area contributed by atoms with E-state index in [0.29, 0.717) is 41.0 Å². The minimum absolute atomic E-state index is 0.00770. The lowest BCUT2D eigenvalue weighted by Crippen LogP contribution is -2.29. The lowest BCUT2D eigenvalue weighted by molar-refractivity contribution is -0.132. The van der Waals surface area contributed by atoms with Gasteiger partial charge in [-0.05, 0) is 48.4 Å². The van der Waals surface area contributed by atoms with E-state index in [9.17, 15) is 14.7 Å². The van der Waals surface area contributed by atoms with E-state index in [-0.39, 0.29) is 11.3 Å². The van der Waals surface area contributed by atoms with Crippen LogP contribution in [0.2, 0.25) is 0 Å². The summed E-state index contributed by atoms with van der Waals surface area (Å²) in [6.07, 6.45) is 0. The number of fused-ring (bicyclic) bond motifs is 2. The van der Waals surface area contributed by atoms with Gasteiger partial charge in [0.05, 0.1) is 21.8 Å².